The molecule has 1 N–H and O–H groups in total. The highest BCUT2D eigenvalue weighted by Crippen LogP contribution is 2.13. The van der Waals surface area contributed by atoms with Crippen LogP contribution < -0.4 is 5.43 Å². The molecule has 0 radical (unpaired) electrons. The zero-order valence-corrected chi connectivity index (χ0v) is 7.90. The molecular weight excluding hydrogens is 191 g/mol. The number of nitrogens with zero attached hydrogens (tertiary/aromatic N) is 1. The Labute approximate surface area is 79.3 Å². The van der Waals surface area contributed by atoms with Crippen LogP contribution in [0, 0.1) is 5.13 Å². The van der Waals surface area contributed by atoms with E-state index in [0.717, 1.165) is 17.8 Å². The number of carbonyl (C=O) groups excluding carboxylic acids is 1. The van der Waals surface area contributed by atoms with Gasteiger partial charge in [-0.2, -0.15) is 9.49 Å². The molecule has 13 heavy (non-hydrogen) atoms. The predicted molar refractivity (Wildman–Crippen MR) is 50.5 cm³/mol. The van der Waals surface area contributed by atoms with Crippen molar-refractivity contribution in [3.8, 4) is 0 Å². The van der Waals surface area contributed by atoms with E-state index in [-0.39, 0.29) is 11.0 Å². The molecule has 5 heteroatoms. The molecule has 70 valence electrons. The van der Waals surface area contributed by atoms with Crippen LogP contribution in [-0.4, -0.2) is 12.1 Å². The van der Waals surface area contributed by atoms with Crippen LogP contribution in [0.2, 0.25) is 0 Å². The molecule has 1 aromatic rings. The van der Waals surface area contributed by atoms with Crippen molar-refractivity contribution >= 4 is 23.5 Å². The molecule has 0 aromatic carbocycles. The number of rotatable bonds is 3. The number of nitrogens with one attached hydrogen (secondary N) is 1. The molecule has 3 nitrogen and oxygen atoms in total. The van der Waals surface area contributed by atoms with Gasteiger partial charge in [-0.1, -0.05) is 6.92 Å². The maximum Gasteiger partial charge on any atom is 0.281 e. The molecule has 0 bridgehead atoms. The summed E-state index contributed by atoms with van der Waals surface area (Å²) < 4.78 is 12.5. The van der Waals surface area contributed by atoms with Crippen molar-refractivity contribution in [2.24, 2.45) is 5.10 Å². The molecule has 0 fully saturated rings. The maximum atomic E-state index is 12.5. The number of hydrogen-bond donors (Lipinski definition) is 1. The summed E-state index contributed by atoms with van der Waals surface area (Å²) in [7, 11) is 0. The molecule has 0 unspecified atom stereocenters. The monoisotopic (exact) mass is 200 g/mol. The first-order valence-electron chi connectivity index (χ1n) is 3.81. The Morgan fingerprint density at radius 3 is 3.08 bits per heavy atom. The SMILES string of the molecule is CC/C=N/NC(=O)c1ccc(F)s1. The smallest absolute Gasteiger partial charge is 0.266 e. The Hall–Kier alpha value is -1.23. The second kappa shape index (κ2) is 4.71. The highest BCUT2D eigenvalue weighted by molar-refractivity contribution is 7.12. The summed E-state index contributed by atoms with van der Waals surface area (Å²) in [5.74, 6) is -0.376. The van der Waals surface area contributed by atoms with Crippen LogP contribution in [0.1, 0.15) is 23.0 Å². The number of amides is 1. The van der Waals surface area contributed by atoms with Gasteiger partial charge in [0.2, 0.25) is 0 Å². The summed E-state index contributed by atoms with van der Waals surface area (Å²) >= 11 is 0.801. The van der Waals surface area contributed by atoms with E-state index in [2.05, 4.69) is 10.5 Å². The summed E-state index contributed by atoms with van der Waals surface area (Å²) in [5, 5.41) is 3.26. The van der Waals surface area contributed by atoms with E-state index < -0.39 is 0 Å². The summed E-state index contributed by atoms with van der Waals surface area (Å²) in [6, 6.07) is 2.68. The van der Waals surface area contributed by atoms with E-state index in [1.54, 1.807) is 6.21 Å². The number of halogens is 1. The lowest BCUT2D eigenvalue weighted by molar-refractivity contribution is 0.0959. The minimum Gasteiger partial charge on any atom is -0.266 e. The zero-order valence-electron chi connectivity index (χ0n) is 7.08. The topological polar surface area (TPSA) is 41.5 Å². The fraction of sp³-hybridized carbons (Fsp3) is 0.250. The first-order valence-corrected chi connectivity index (χ1v) is 4.63. The van der Waals surface area contributed by atoms with Gasteiger partial charge in [0.15, 0.2) is 5.13 Å². The van der Waals surface area contributed by atoms with Gasteiger partial charge >= 0.3 is 0 Å². The van der Waals surface area contributed by atoms with Crippen molar-refractivity contribution in [1.82, 2.24) is 5.43 Å². The van der Waals surface area contributed by atoms with Crippen molar-refractivity contribution < 1.29 is 9.18 Å². The van der Waals surface area contributed by atoms with Crippen LogP contribution in [-0.2, 0) is 0 Å². The van der Waals surface area contributed by atoms with Crippen LogP contribution in [0.25, 0.3) is 0 Å². The standard InChI is InChI=1S/C8H9FN2OS/c1-2-5-10-11-8(12)6-3-4-7(9)13-6/h3-5H,2H2,1H3,(H,11,12)/b10-5+. The highest BCUT2D eigenvalue weighted by atomic mass is 32.1. The number of hydrogen-bond acceptors (Lipinski definition) is 3. The molecule has 1 rings (SSSR count). The van der Waals surface area contributed by atoms with Gasteiger partial charge in [-0.05, 0) is 18.6 Å². The van der Waals surface area contributed by atoms with Crippen molar-refractivity contribution in [3.05, 3.63) is 22.1 Å². The molecule has 0 atom stereocenters. The Bertz CT molecular complexity index is 322. The van der Waals surface area contributed by atoms with E-state index in [0.29, 0.717) is 4.88 Å². The third-order valence-corrected chi connectivity index (χ3v) is 2.11. The molecule has 0 aliphatic heterocycles. The molecule has 1 aromatic heterocycles. The second-order valence-electron chi connectivity index (χ2n) is 2.26. The van der Waals surface area contributed by atoms with Crippen molar-refractivity contribution in [3.63, 3.8) is 0 Å². The number of carbonyl (C=O) groups is 1. The first kappa shape index (κ1) is 9.85. The summed E-state index contributed by atoms with van der Waals surface area (Å²) in [5.41, 5.74) is 2.29. The Morgan fingerprint density at radius 2 is 2.54 bits per heavy atom. The van der Waals surface area contributed by atoms with Crippen LogP contribution in [0.15, 0.2) is 17.2 Å². The van der Waals surface area contributed by atoms with Gasteiger partial charge in [0.25, 0.3) is 5.91 Å². The quantitative estimate of drug-likeness (QED) is 0.588. The van der Waals surface area contributed by atoms with E-state index in [9.17, 15) is 9.18 Å². The van der Waals surface area contributed by atoms with E-state index >= 15 is 0 Å². The molecule has 1 heterocycles. The van der Waals surface area contributed by atoms with E-state index in [1.165, 1.54) is 12.1 Å². The van der Waals surface area contributed by atoms with Crippen molar-refractivity contribution in [2.45, 2.75) is 13.3 Å². The summed E-state index contributed by atoms with van der Waals surface area (Å²) in [6.07, 6.45) is 2.32. The van der Waals surface area contributed by atoms with Crippen LogP contribution in [0.5, 0.6) is 0 Å². The Kier molecular flexibility index (Phi) is 3.57. The Balaban J connectivity index is 2.54. The van der Waals surface area contributed by atoms with Gasteiger partial charge in [-0.25, -0.2) is 5.43 Å². The maximum absolute atomic E-state index is 12.5. The van der Waals surface area contributed by atoms with Gasteiger partial charge < -0.3 is 0 Å². The second-order valence-corrected chi connectivity index (χ2v) is 3.30. The van der Waals surface area contributed by atoms with Gasteiger partial charge in [-0.15, -0.1) is 11.3 Å². The normalized spacial score (nSPS) is 10.6. The molecule has 0 saturated carbocycles. The van der Waals surface area contributed by atoms with E-state index in [1.807, 2.05) is 6.92 Å². The van der Waals surface area contributed by atoms with Crippen LogP contribution in [0.3, 0.4) is 0 Å². The predicted octanol–water partition coefficient (Wildman–Crippen LogP) is 2.01. The zero-order chi connectivity index (χ0) is 9.68. The number of hydrazone groups is 1. The minimum absolute atomic E-state index is 0.325. The van der Waals surface area contributed by atoms with Crippen molar-refractivity contribution in [2.75, 3.05) is 0 Å². The molecular formula is C8H9FN2OS. The molecule has 1 amide bonds. The lowest BCUT2D eigenvalue weighted by Gasteiger charge is -1.93. The highest BCUT2D eigenvalue weighted by Gasteiger charge is 2.07. The summed E-state index contributed by atoms with van der Waals surface area (Å²) in [4.78, 5) is 11.5. The average Bonchev–Trinajstić information content (AvgIpc) is 2.52. The minimum atomic E-state index is -0.376. The fourth-order valence-electron chi connectivity index (χ4n) is 0.687. The summed E-state index contributed by atoms with van der Waals surface area (Å²) in [6.45, 7) is 1.90. The third-order valence-electron chi connectivity index (χ3n) is 1.24. The fourth-order valence-corrected chi connectivity index (χ4v) is 1.31. The van der Waals surface area contributed by atoms with Crippen LogP contribution >= 0.6 is 11.3 Å². The largest absolute Gasteiger partial charge is 0.281 e. The first-order chi connectivity index (χ1) is 6.24. The van der Waals surface area contributed by atoms with Crippen molar-refractivity contribution in [1.29, 1.82) is 0 Å². The number of thiophene rings is 1. The average molecular weight is 200 g/mol. The molecule has 0 spiro atoms. The van der Waals surface area contributed by atoms with Gasteiger partial charge in [-0.3, -0.25) is 4.79 Å². The van der Waals surface area contributed by atoms with Gasteiger partial charge in [0.05, 0.1) is 4.88 Å². The molecule has 0 saturated heterocycles. The molecule has 0 aliphatic carbocycles. The molecule has 0 aliphatic rings. The van der Waals surface area contributed by atoms with Gasteiger partial charge in [0, 0.05) is 6.21 Å². The third kappa shape index (κ3) is 2.95. The van der Waals surface area contributed by atoms with Crippen LogP contribution in [0.4, 0.5) is 4.39 Å². The van der Waals surface area contributed by atoms with Gasteiger partial charge in [0.1, 0.15) is 0 Å². The Morgan fingerprint density at radius 1 is 1.77 bits per heavy atom. The van der Waals surface area contributed by atoms with E-state index in [4.69, 9.17) is 0 Å². The lowest BCUT2D eigenvalue weighted by Crippen LogP contribution is -2.15. The lowest BCUT2D eigenvalue weighted by atomic mass is 10.4.